The first-order chi connectivity index (χ1) is 19.9. The summed E-state index contributed by atoms with van der Waals surface area (Å²) in [7, 11) is 0. The van der Waals surface area contributed by atoms with Crippen molar-refractivity contribution < 1.29 is 14.4 Å². The normalized spacial score (nSPS) is 19.4. The van der Waals surface area contributed by atoms with Crippen LogP contribution in [0, 0.1) is 6.92 Å². The molecule has 1 atom stereocenters. The summed E-state index contributed by atoms with van der Waals surface area (Å²) in [6.07, 6.45) is 3.81. The van der Waals surface area contributed by atoms with Crippen LogP contribution in [0.1, 0.15) is 52.3 Å². The van der Waals surface area contributed by atoms with Crippen molar-refractivity contribution in [3.63, 3.8) is 0 Å². The van der Waals surface area contributed by atoms with Gasteiger partial charge >= 0.3 is 0 Å². The van der Waals surface area contributed by atoms with Crippen LogP contribution in [-0.4, -0.2) is 56.6 Å². The molecule has 1 saturated heterocycles. The number of rotatable bonds is 5. The molecule has 206 valence electrons. The Morgan fingerprint density at radius 3 is 2.66 bits per heavy atom. The maximum absolute atomic E-state index is 13.0. The van der Waals surface area contributed by atoms with Crippen molar-refractivity contribution in [2.24, 2.45) is 0 Å². The van der Waals surface area contributed by atoms with Gasteiger partial charge in [-0.2, -0.15) is 0 Å². The fourth-order valence-corrected chi connectivity index (χ4v) is 7.16. The summed E-state index contributed by atoms with van der Waals surface area (Å²) in [5.74, 6) is -0.00613. The monoisotopic (exact) mass is 563 g/mol. The largest absolute Gasteiger partial charge is 0.322 e. The number of aryl methyl sites for hydroxylation is 1. The number of hydrogen-bond acceptors (Lipinski definition) is 7. The van der Waals surface area contributed by atoms with E-state index in [4.69, 9.17) is 9.97 Å². The van der Waals surface area contributed by atoms with Crippen LogP contribution in [0.4, 0.5) is 0 Å². The minimum absolute atomic E-state index is 0.138. The van der Waals surface area contributed by atoms with Crippen molar-refractivity contribution in [1.82, 2.24) is 25.1 Å². The first-order valence-corrected chi connectivity index (χ1v) is 14.8. The fourth-order valence-electron chi connectivity index (χ4n) is 6.17. The Kier molecular flexibility index (Phi) is 6.48. The minimum atomic E-state index is -0.593. The van der Waals surface area contributed by atoms with Crippen LogP contribution in [0.2, 0.25) is 0 Å². The number of carbonyl (C=O) groups excluding carboxylic acids is 3. The van der Waals surface area contributed by atoms with Gasteiger partial charge < -0.3 is 4.90 Å². The molecular formula is C32H29N5O3S. The quantitative estimate of drug-likeness (QED) is 0.353. The Labute approximate surface area is 241 Å². The van der Waals surface area contributed by atoms with Crippen molar-refractivity contribution in [2.75, 3.05) is 13.1 Å². The lowest BCUT2D eigenvalue weighted by Crippen LogP contribution is -2.52. The van der Waals surface area contributed by atoms with E-state index in [0.717, 1.165) is 58.9 Å². The second-order valence-corrected chi connectivity index (χ2v) is 11.8. The standard InChI is InChI=1S/C32H29N5O3S/c1-19-33-29(28-25(18-41-31(28)34-19)21-5-3-2-4-6-21)22-11-13-36(14-12-22)16-20-7-8-24-23(15-20)17-37(32(24)40)26-9-10-27(38)35-30(26)39/h2-8,11,15,18,26H,9-10,12-14,16-17H2,1H3,(H,35,38,39). The van der Waals surface area contributed by atoms with Crippen molar-refractivity contribution in [1.29, 1.82) is 0 Å². The van der Waals surface area contributed by atoms with Gasteiger partial charge in [0.2, 0.25) is 11.8 Å². The highest BCUT2D eigenvalue weighted by molar-refractivity contribution is 7.17. The Balaban J connectivity index is 1.08. The molecule has 0 aliphatic carbocycles. The van der Waals surface area contributed by atoms with E-state index < -0.39 is 6.04 Å². The van der Waals surface area contributed by atoms with Gasteiger partial charge in [0, 0.05) is 54.5 Å². The van der Waals surface area contributed by atoms with E-state index in [9.17, 15) is 14.4 Å². The molecule has 3 amide bonds. The number of amides is 3. The third-order valence-electron chi connectivity index (χ3n) is 8.22. The van der Waals surface area contributed by atoms with Crippen LogP contribution in [0.15, 0.2) is 60.0 Å². The number of hydrogen-bond donors (Lipinski definition) is 1. The molecule has 41 heavy (non-hydrogen) atoms. The summed E-state index contributed by atoms with van der Waals surface area (Å²) in [6.45, 7) is 4.84. The van der Waals surface area contributed by atoms with Gasteiger partial charge in [-0.05, 0) is 48.1 Å². The predicted octanol–water partition coefficient (Wildman–Crippen LogP) is 4.72. The van der Waals surface area contributed by atoms with Gasteiger partial charge in [-0.1, -0.05) is 48.5 Å². The maximum atomic E-state index is 13.0. The molecule has 2 aromatic heterocycles. The third kappa shape index (κ3) is 4.75. The molecule has 5 heterocycles. The second-order valence-electron chi connectivity index (χ2n) is 10.9. The molecule has 3 aliphatic rings. The molecule has 2 aromatic carbocycles. The third-order valence-corrected chi connectivity index (χ3v) is 9.09. The molecule has 7 rings (SSSR count). The summed E-state index contributed by atoms with van der Waals surface area (Å²) >= 11 is 1.67. The molecule has 0 bridgehead atoms. The maximum Gasteiger partial charge on any atom is 0.255 e. The molecule has 0 saturated carbocycles. The number of piperidine rings is 1. The number of imide groups is 1. The lowest BCUT2D eigenvalue weighted by atomic mass is 9.97. The van der Waals surface area contributed by atoms with Crippen LogP contribution < -0.4 is 5.32 Å². The first kappa shape index (κ1) is 25.7. The Morgan fingerprint density at radius 2 is 1.88 bits per heavy atom. The summed E-state index contributed by atoms with van der Waals surface area (Å²) in [5.41, 5.74) is 7.38. The molecule has 1 fully saturated rings. The lowest BCUT2D eigenvalue weighted by molar-refractivity contribution is -0.136. The van der Waals surface area contributed by atoms with Crippen molar-refractivity contribution in [2.45, 2.75) is 45.3 Å². The van der Waals surface area contributed by atoms with E-state index >= 15 is 0 Å². The molecular weight excluding hydrogens is 534 g/mol. The second kappa shape index (κ2) is 10.3. The molecule has 1 unspecified atom stereocenters. The molecule has 0 radical (unpaired) electrons. The summed E-state index contributed by atoms with van der Waals surface area (Å²) < 4.78 is 0. The van der Waals surface area contributed by atoms with Gasteiger partial charge in [0.15, 0.2) is 0 Å². The van der Waals surface area contributed by atoms with Crippen LogP contribution in [0.5, 0.6) is 0 Å². The van der Waals surface area contributed by atoms with Gasteiger partial charge in [-0.3, -0.25) is 24.6 Å². The molecule has 4 aromatic rings. The first-order valence-electron chi connectivity index (χ1n) is 13.9. The van der Waals surface area contributed by atoms with Gasteiger partial charge in [0.05, 0.1) is 5.69 Å². The Bertz CT molecular complexity index is 1750. The topological polar surface area (TPSA) is 95.5 Å². The van der Waals surface area contributed by atoms with E-state index in [2.05, 4.69) is 52.0 Å². The number of fused-ring (bicyclic) bond motifs is 2. The van der Waals surface area contributed by atoms with Crippen LogP contribution in [0.25, 0.3) is 26.9 Å². The molecule has 8 nitrogen and oxygen atoms in total. The summed E-state index contributed by atoms with van der Waals surface area (Å²) in [5, 5.41) is 5.69. The average Bonchev–Trinajstić information content (AvgIpc) is 3.54. The predicted molar refractivity (Wildman–Crippen MR) is 158 cm³/mol. The number of carbonyl (C=O) groups is 3. The highest BCUT2D eigenvalue weighted by Crippen LogP contribution is 2.38. The number of benzene rings is 2. The van der Waals surface area contributed by atoms with Gasteiger partial charge in [0.25, 0.3) is 5.91 Å². The van der Waals surface area contributed by atoms with Gasteiger partial charge in [-0.15, -0.1) is 11.3 Å². The smallest absolute Gasteiger partial charge is 0.255 e. The van der Waals surface area contributed by atoms with E-state index in [0.29, 0.717) is 18.5 Å². The van der Waals surface area contributed by atoms with Gasteiger partial charge in [-0.25, -0.2) is 9.97 Å². The zero-order valence-electron chi connectivity index (χ0n) is 22.7. The van der Waals surface area contributed by atoms with Crippen molar-refractivity contribution in [3.8, 4) is 11.1 Å². The fraction of sp³-hybridized carbons (Fsp3) is 0.281. The lowest BCUT2D eigenvalue weighted by Gasteiger charge is -2.29. The Hall–Kier alpha value is -4.21. The highest BCUT2D eigenvalue weighted by Gasteiger charge is 2.39. The highest BCUT2D eigenvalue weighted by atomic mass is 32.1. The number of aromatic nitrogens is 2. The minimum Gasteiger partial charge on any atom is -0.322 e. The van der Waals surface area contributed by atoms with Crippen LogP contribution in [0.3, 0.4) is 0 Å². The molecule has 1 N–H and O–H groups in total. The molecule has 0 spiro atoms. The average molecular weight is 564 g/mol. The van der Waals surface area contributed by atoms with Crippen LogP contribution in [-0.2, 0) is 22.7 Å². The molecule has 9 heteroatoms. The zero-order valence-corrected chi connectivity index (χ0v) is 23.5. The summed E-state index contributed by atoms with van der Waals surface area (Å²) in [4.78, 5) is 51.6. The van der Waals surface area contributed by atoms with Crippen molar-refractivity contribution in [3.05, 3.63) is 88.2 Å². The Morgan fingerprint density at radius 1 is 1.02 bits per heavy atom. The van der Waals surface area contributed by atoms with Crippen molar-refractivity contribution >= 4 is 44.8 Å². The molecule has 3 aliphatic heterocycles. The number of nitrogens with one attached hydrogen (secondary N) is 1. The van der Waals surface area contributed by atoms with E-state index in [1.807, 2.05) is 25.1 Å². The summed E-state index contributed by atoms with van der Waals surface area (Å²) in [6, 6.07) is 15.8. The van der Waals surface area contributed by atoms with E-state index in [1.165, 1.54) is 16.7 Å². The zero-order chi connectivity index (χ0) is 28.1. The van der Waals surface area contributed by atoms with E-state index in [1.54, 1.807) is 16.2 Å². The SMILES string of the molecule is Cc1nc(C2=CCN(Cc3ccc4c(c3)CN(C3CCC(=O)NC3=O)C4=O)CC2)c2c(-c3ccccc3)csc2n1. The van der Waals surface area contributed by atoms with E-state index in [-0.39, 0.29) is 24.1 Å². The number of nitrogens with zero attached hydrogens (tertiary/aromatic N) is 4. The van der Waals surface area contributed by atoms with Crippen LogP contribution >= 0.6 is 11.3 Å². The van der Waals surface area contributed by atoms with Gasteiger partial charge in [0.1, 0.15) is 16.7 Å². The number of thiophene rings is 1.